The average Bonchev–Trinajstić information content (AvgIpc) is 3.28. The van der Waals surface area contributed by atoms with E-state index in [0.717, 1.165) is 27.7 Å². The lowest BCUT2D eigenvalue weighted by Crippen LogP contribution is -2.26. The molecule has 0 radical (unpaired) electrons. The third-order valence-electron chi connectivity index (χ3n) is 3.88. The van der Waals surface area contributed by atoms with Gasteiger partial charge in [-0.2, -0.15) is 0 Å². The summed E-state index contributed by atoms with van der Waals surface area (Å²) >= 11 is 3.29. The molecule has 7 heteroatoms. The summed E-state index contributed by atoms with van der Waals surface area (Å²) in [7, 11) is 1.82. The Morgan fingerprint density at radius 1 is 1.33 bits per heavy atom. The summed E-state index contributed by atoms with van der Waals surface area (Å²) < 4.78 is 5.14. The Morgan fingerprint density at radius 3 is 2.83 bits per heavy atom. The first-order valence-electron chi connectivity index (χ1n) is 7.68. The van der Waals surface area contributed by atoms with Crippen molar-refractivity contribution in [1.29, 1.82) is 0 Å². The predicted molar refractivity (Wildman–Crippen MR) is 96.2 cm³/mol. The molecular weight excluding hydrogens is 342 g/mol. The molecule has 3 rings (SSSR count). The van der Waals surface area contributed by atoms with Crippen molar-refractivity contribution in [2.75, 3.05) is 7.05 Å². The van der Waals surface area contributed by atoms with Crippen LogP contribution in [0.15, 0.2) is 27.4 Å². The molecule has 24 heavy (non-hydrogen) atoms. The Hall–Kier alpha value is -1.99. The third kappa shape index (κ3) is 3.73. The lowest BCUT2D eigenvalue weighted by Gasteiger charge is -2.15. The highest BCUT2D eigenvalue weighted by molar-refractivity contribution is 7.20. The third-order valence-corrected chi connectivity index (χ3v) is 5.81. The molecule has 0 saturated heterocycles. The molecule has 3 heterocycles. The SMILES string of the molecule is Cc1noc(C)c1CCC(=O)N(C)Cc1csc(-c2cccs2)n1. The van der Waals surface area contributed by atoms with E-state index >= 15 is 0 Å². The number of amides is 1. The van der Waals surface area contributed by atoms with Gasteiger partial charge in [0.25, 0.3) is 0 Å². The van der Waals surface area contributed by atoms with E-state index in [4.69, 9.17) is 4.52 Å². The Labute approximate surface area is 148 Å². The molecule has 0 aliphatic heterocycles. The van der Waals surface area contributed by atoms with Crippen LogP contribution in [-0.2, 0) is 17.8 Å². The van der Waals surface area contributed by atoms with Gasteiger partial charge in [0.05, 0.1) is 22.8 Å². The lowest BCUT2D eigenvalue weighted by molar-refractivity contribution is -0.130. The molecule has 0 bridgehead atoms. The van der Waals surface area contributed by atoms with Gasteiger partial charge in [-0.15, -0.1) is 22.7 Å². The Morgan fingerprint density at radius 2 is 2.17 bits per heavy atom. The van der Waals surface area contributed by atoms with Crippen molar-refractivity contribution in [3.05, 3.63) is 45.6 Å². The van der Waals surface area contributed by atoms with Crippen molar-refractivity contribution in [2.45, 2.75) is 33.2 Å². The summed E-state index contributed by atoms with van der Waals surface area (Å²) in [4.78, 5) is 19.9. The molecule has 126 valence electrons. The minimum Gasteiger partial charge on any atom is -0.361 e. The number of aryl methyl sites for hydroxylation is 2. The summed E-state index contributed by atoms with van der Waals surface area (Å²) in [5.74, 6) is 0.892. The molecule has 0 N–H and O–H groups in total. The highest BCUT2D eigenvalue weighted by Crippen LogP contribution is 2.28. The van der Waals surface area contributed by atoms with E-state index in [-0.39, 0.29) is 5.91 Å². The normalized spacial score (nSPS) is 11.0. The molecule has 0 aromatic carbocycles. The van der Waals surface area contributed by atoms with Gasteiger partial charge < -0.3 is 9.42 Å². The summed E-state index contributed by atoms with van der Waals surface area (Å²) in [5.41, 5.74) is 2.82. The quantitative estimate of drug-likeness (QED) is 0.664. The van der Waals surface area contributed by atoms with E-state index in [9.17, 15) is 4.79 Å². The van der Waals surface area contributed by atoms with Gasteiger partial charge in [-0.3, -0.25) is 4.79 Å². The maximum atomic E-state index is 12.4. The monoisotopic (exact) mass is 361 g/mol. The first-order chi connectivity index (χ1) is 11.5. The van der Waals surface area contributed by atoms with Crippen molar-refractivity contribution < 1.29 is 9.32 Å². The van der Waals surface area contributed by atoms with Gasteiger partial charge in [0.2, 0.25) is 5.91 Å². The topological polar surface area (TPSA) is 59.2 Å². The van der Waals surface area contributed by atoms with E-state index in [1.54, 1.807) is 27.6 Å². The van der Waals surface area contributed by atoms with Crippen LogP contribution in [0.4, 0.5) is 0 Å². The van der Waals surface area contributed by atoms with Gasteiger partial charge in [0.1, 0.15) is 10.8 Å². The largest absolute Gasteiger partial charge is 0.361 e. The van der Waals surface area contributed by atoms with Crippen LogP contribution in [0.2, 0.25) is 0 Å². The molecule has 0 unspecified atom stereocenters. The van der Waals surface area contributed by atoms with Gasteiger partial charge in [-0.05, 0) is 31.7 Å². The zero-order chi connectivity index (χ0) is 17.1. The summed E-state index contributed by atoms with van der Waals surface area (Å²) in [6.07, 6.45) is 1.10. The van der Waals surface area contributed by atoms with Crippen LogP contribution in [-0.4, -0.2) is 28.0 Å². The number of hydrogen-bond acceptors (Lipinski definition) is 6. The Bertz CT molecular complexity index is 801. The molecule has 0 saturated carbocycles. The van der Waals surface area contributed by atoms with Crippen LogP contribution in [0.1, 0.15) is 29.1 Å². The fraction of sp³-hybridized carbons (Fsp3) is 0.353. The molecule has 0 fully saturated rings. The zero-order valence-electron chi connectivity index (χ0n) is 13.9. The van der Waals surface area contributed by atoms with Gasteiger partial charge in [-0.25, -0.2) is 4.98 Å². The molecule has 1 amide bonds. The molecule has 0 atom stereocenters. The fourth-order valence-corrected chi connectivity index (χ4v) is 4.13. The van der Waals surface area contributed by atoms with Gasteiger partial charge in [0.15, 0.2) is 0 Å². The molecule has 3 aromatic rings. The van der Waals surface area contributed by atoms with E-state index < -0.39 is 0 Å². The second kappa shape index (κ2) is 7.27. The van der Waals surface area contributed by atoms with Crippen molar-refractivity contribution >= 4 is 28.6 Å². The maximum absolute atomic E-state index is 12.4. The van der Waals surface area contributed by atoms with E-state index in [2.05, 4.69) is 16.2 Å². The maximum Gasteiger partial charge on any atom is 0.222 e. The zero-order valence-corrected chi connectivity index (χ0v) is 15.5. The standard InChI is InChI=1S/C17H19N3O2S2/c1-11-14(12(2)22-19-11)6-7-16(21)20(3)9-13-10-24-17(18-13)15-5-4-8-23-15/h4-5,8,10H,6-7,9H2,1-3H3. The minimum atomic E-state index is 0.0978. The van der Waals surface area contributed by atoms with E-state index in [1.807, 2.05) is 37.7 Å². The first kappa shape index (κ1) is 16.9. The number of aromatic nitrogens is 2. The smallest absolute Gasteiger partial charge is 0.222 e. The molecule has 3 aromatic heterocycles. The van der Waals surface area contributed by atoms with E-state index in [0.29, 0.717) is 19.4 Å². The van der Waals surface area contributed by atoms with Crippen LogP contribution in [0, 0.1) is 13.8 Å². The van der Waals surface area contributed by atoms with Crippen molar-refractivity contribution in [1.82, 2.24) is 15.0 Å². The Kier molecular flexibility index (Phi) is 5.11. The highest BCUT2D eigenvalue weighted by atomic mass is 32.1. The van der Waals surface area contributed by atoms with Crippen LogP contribution in [0.5, 0.6) is 0 Å². The number of carbonyl (C=O) groups is 1. The fourth-order valence-electron chi connectivity index (χ4n) is 2.51. The van der Waals surface area contributed by atoms with Gasteiger partial charge in [0, 0.05) is 24.4 Å². The summed E-state index contributed by atoms with van der Waals surface area (Å²) in [6.45, 7) is 4.31. The number of thiophene rings is 1. The number of carbonyl (C=O) groups excluding carboxylic acids is 1. The van der Waals surface area contributed by atoms with Crippen molar-refractivity contribution in [3.63, 3.8) is 0 Å². The molecule has 0 spiro atoms. The molecule has 0 aliphatic carbocycles. The second-order valence-corrected chi connectivity index (χ2v) is 7.48. The average molecular weight is 361 g/mol. The number of rotatable bonds is 6. The van der Waals surface area contributed by atoms with Crippen LogP contribution in [0.25, 0.3) is 9.88 Å². The van der Waals surface area contributed by atoms with Crippen LogP contribution < -0.4 is 0 Å². The Balaban J connectivity index is 1.56. The van der Waals surface area contributed by atoms with Gasteiger partial charge >= 0.3 is 0 Å². The van der Waals surface area contributed by atoms with Crippen LogP contribution in [0.3, 0.4) is 0 Å². The molecular formula is C17H19N3O2S2. The molecule has 0 aliphatic rings. The molecule has 5 nitrogen and oxygen atoms in total. The number of nitrogens with zero attached hydrogens (tertiary/aromatic N) is 3. The van der Waals surface area contributed by atoms with Crippen molar-refractivity contribution in [2.24, 2.45) is 0 Å². The minimum absolute atomic E-state index is 0.0978. The van der Waals surface area contributed by atoms with Crippen LogP contribution >= 0.6 is 22.7 Å². The second-order valence-electron chi connectivity index (χ2n) is 5.67. The van der Waals surface area contributed by atoms with Gasteiger partial charge in [-0.1, -0.05) is 11.2 Å². The first-order valence-corrected chi connectivity index (χ1v) is 9.44. The number of hydrogen-bond donors (Lipinski definition) is 0. The number of thiazole rings is 1. The highest BCUT2D eigenvalue weighted by Gasteiger charge is 2.15. The van der Waals surface area contributed by atoms with E-state index in [1.165, 1.54) is 4.88 Å². The lowest BCUT2D eigenvalue weighted by atomic mass is 10.1. The summed E-state index contributed by atoms with van der Waals surface area (Å²) in [5, 5.41) is 9.00. The predicted octanol–water partition coefficient (Wildman–Crippen LogP) is 4.07. The summed E-state index contributed by atoms with van der Waals surface area (Å²) in [6, 6.07) is 4.08. The van der Waals surface area contributed by atoms with Crippen molar-refractivity contribution in [3.8, 4) is 9.88 Å².